The van der Waals surface area contributed by atoms with Crippen molar-refractivity contribution in [3.8, 4) is 11.5 Å². The van der Waals surface area contributed by atoms with Gasteiger partial charge in [-0.3, -0.25) is 4.98 Å². The van der Waals surface area contributed by atoms with E-state index >= 15 is 0 Å². The Bertz CT molecular complexity index is 537. The summed E-state index contributed by atoms with van der Waals surface area (Å²) in [4.78, 5) is 13.1. The second-order valence-corrected chi connectivity index (χ2v) is 4.85. The maximum atomic E-state index is 5.88. The number of nitrogens with zero attached hydrogens (tertiary/aromatic N) is 3. The number of pyridine rings is 1. The van der Waals surface area contributed by atoms with Crippen molar-refractivity contribution in [2.75, 3.05) is 5.73 Å². The molecule has 2 rings (SSSR count). The SMILES string of the molecule is CCc1nc(-c2ccc(C)cn2)nc(N)c1I. The molecule has 0 aliphatic carbocycles. The number of rotatable bonds is 2. The molecule has 0 saturated carbocycles. The second kappa shape index (κ2) is 4.95. The summed E-state index contributed by atoms with van der Waals surface area (Å²) in [5, 5.41) is 0. The molecule has 0 atom stereocenters. The number of hydrogen-bond donors (Lipinski definition) is 1. The van der Waals surface area contributed by atoms with Crippen molar-refractivity contribution in [3.05, 3.63) is 33.2 Å². The van der Waals surface area contributed by atoms with Crippen LogP contribution in [0.3, 0.4) is 0 Å². The van der Waals surface area contributed by atoms with Gasteiger partial charge in [0.1, 0.15) is 11.5 Å². The lowest BCUT2D eigenvalue weighted by atomic mass is 10.2. The number of halogens is 1. The van der Waals surface area contributed by atoms with E-state index in [4.69, 9.17) is 5.73 Å². The quantitative estimate of drug-likeness (QED) is 0.854. The highest BCUT2D eigenvalue weighted by Crippen LogP contribution is 2.21. The second-order valence-electron chi connectivity index (χ2n) is 3.77. The highest BCUT2D eigenvalue weighted by atomic mass is 127. The number of nitrogens with two attached hydrogens (primary N) is 1. The first-order valence-electron chi connectivity index (χ1n) is 5.36. The van der Waals surface area contributed by atoms with Crippen molar-refractivity contribution >= 4 is 28.4 Å². The summed E-state index contributed by atoms with van der Waals surface area (Å²) in [5.41, 5.74) is 8.72. The van der Waals surface area contributed by atoms with Crippen LogP contribution in [0.5, 0.6) is 0 Å². The Kier molecular flexibility index (Phi) is 3.56. The molecule has 2 N–H and O–H groups in total. The average Bonchev–Trinajstić information content (AvgIpc) is 2.33. The maximum absolute atomic E-state index is 5.88. The van der Waals surface area contributed by atoms with Crippen LogP contribution in [0, 0.1) is 10.5 Å². The lowest BCUT2D eigenvalue weighted by molar-refractivity contribution is 0.987. The van der Waals surface area contributed by atoms with Crippen LogP contribution in [-0.2, 0) is 6.42 Å². The van der Waals surface area contributed by atoms with Crippen molar-refractivity contribution in [1.29, 1.82) is 0 Å². The Balaban J connectivity index is 2.52. The van der Waals surface area contributed by atoms with Crippen LogP contribution in [-0.4, -0.2) is 15.0 Å². The van der Waals surface area contributed by atoms with E-state index < -0.39 is 0 Å². The summed E-state index contributed by atoms with van der Waals surface area (Å²) in [6, 6.07) is 3.90. The molecule has 0 bridgehead atoms. The number of hydrogen-bond acceptors (Lipinski definition) is 4. The van der Waals surface area contributed by atoms with Gasteiger partial charge in [-0.15, -0.1) is 0 Å². The fourth-order valence-electron chi connectivity index (χ4n) is 1.46. The zero-order valence-electron chi connectivity index (χ0n) is 9.74. The number of anilines is 1. The molecule has 2 aromatic heterocycles. The molecule has 17 heavy (non-hydrogen) atoms. The number of nitrogen functional groups attached to an aromatic ring is 1. The van der Waals surface area contributed by atoms with E-state index in [0.29, 0.717) is 11.6 Å². The molecule has 5 heteroatoms. The zero-order valence-corrected chi connectivity index (χ0v) is 11.9. The minimum absolute atomic E-state index is 0.523. The topological polar surface area (TPSA) is 64.7 Å². The average molecular weight is 340 g/mol. The van der Waals surface area contributed by atoms with Gasteiger partial charge >= 0.3 is 0 Å². The predicted octanol–water partition coefficient (Wildman–Crippen LogP) is 2.60. The molecule has 0 saturated heterocycles. The monoisotopic (exact) mass is 340 g/mol. The van der Waals surface area contributed by atoms with Crippen LogP contribution in [0.2, 0.25) is 0 Å². The highest BCUT2D eigenvalue weighted by Gasteiger charge is 2.10. The molecular weight excluding hydrogens is 327 g/mol. The largest absolute Gasteiger partial charge is 0.383 e. The number of aromatic nitrogens is 3. The zero-order chi connectivity index (χ0) is 12.4. The summed E-state index contributed by atoms with van der Waals surface area (Å²) in [5.74, 6) is 1.12. The first-order valence-corrected chi connectivity index (χ1v) is 6.44. The Morgan fingerprint density at radius 3 is 2.65 bits per heavy atom. The molecule has 4 nitrogen and oxygen atoms in total. The molecule has 0 aliphatic heterocycles. The minimum atomic E-state index is 0.523. The van der Waals surface area contributed by atoms with E-state index in [1.807, 2.05) is 19.1 Å². The van der Waals surface area contributed by atoms with Gasteiger partial charge in [0.25, 0.3) is 0 Å². The molecule has 0 aliphatic rings. The van der Waals surface area contributed by atoms with Crippen LogP contribution in [0.25, 0.3) is 11.5 Å². The van der Waals surface area contributed by atoms with Crippen LogP contribution < -0.4 is 5.73 Å². The molecule has 0 fully saturated rings. The Morgan fingerprint density at radius 1 is 1.29 bits per heavy atom. The lowest BCUT2D eigenvalue weighted by Gasteiger charge is -2.07. The van der Waals surface area contributed by atoms with E-state index in [9.17, 15) is 0 Å². The fourth-order valence-corrected chi connectivity index (χ4v) is 2.08. The predicted molar refractivity (Wildman–Crippen MR) is 76.5 cm³/mol. The van der Waals surface area contributed by atoms with Crippen LogP contribution in [0.4, 0.5) is 5.82 Å². The molecule has 0 aromatic carbocycles. The van der Waals surface area contributed by atoms with Crippen LogP contribution >= 0.6 is 22.6 Å². The van der Waals surface area contributed by atoms with Gasteiger partial charge in [-0.1, -0.05) is 13.0 Å². The molecule has 0 unspecified atom stereocenters. The van der Waals surface area contributed by atoms with Crippen LogP contribution in [0.15, 0.2) is 18.3 Å². The van der Waals surface area contributed by atoms with E-state index in [-0.39, 0.29) is 0 Å². The Labute approximate surface area is 114 Å². The molecule has 2 heterocycles. The Hall–Kier alpha value is -1.24. The summed E-state index contributed by atoms with van der Waals surface area (Å²) in [6.45, 7) is 4.05. The van der Waals surface area contributed by atoms with E-state index in [1.165, 1.54) is 0 Å². The van der Waals surface area contributed by atoms with E-state index in [2.05, 4.69) is 44.5 Å². The fraction of sp³-hybridized carbons (Fsp3) is 0.250. The Morgan fingerprint density at radius 2 is 2.06 bits per heavy atom. The third kappa shape index (κ3) is 2.54. The molecule has 0 spiro atoms. The van der Waals surface area contributed by atoms with Gasteiger partial charge in [0.2, 0.25) is 0 Å². The molecule has 0 amide bonds. The first kappa shape index (κ1) is 12.2. The van der Waals surface area contributed by atoms with Crippen molar-refractivity contribution in [2.45, 2.75) is 20.3 Å². The number of aryl methyl sites for hydroxylation is 2. The van der Waals surface area contributed by atoms with Crippen molar-refractivity contribution in [2.24, 2.45) is 0 Å². The van der Waals surface area contributed by atoms with Gasteiger partial charge in [0.05, 0.1) is 9.26 Å². The molecule has 0 radical (unpaired) electrons. The standard InChI is InChI=1S/C12H13IN4/c1-3-8-10(13)11(14)17-12(16-8)9-5-4-7(2)6-15-9/h4-6H,3H2,1-2H3,(H2,14,16,17). The molecular formula is C12H13IN4. The van der Waals surface area contributed by atoms with Gasteiger partial charge in [-0.25, -0.2) is 9.97 Å². The van der Waals surface area contributed by atoms with Crippen molar-refractivity contribution in [1.82, 2.24) is 15.0 Å². The summed E-state index contributed by atoms with van der Waals surface area (Å²) >= 11 is 2.18. The van der Waals surface area contributed by atoms with Gasteiger partial charge in [-0.05, 0) is 47.6 Å². The summed E-state index contributed by atoms with van der Waals surface area (Å²) < 4.78 is 0.931. The highest BCUT2D eigenvalue weighted by molar-refractivity contribution is 14.1. The lowest BCUT2D eigenvalue weighted by Crippen LogP contribution is -2.04. The molecule has 88 valence electrons. The van der Waals surface area contributed by atoms with E-state index in [1.54, 1.807) is 6.20 Å². The van der Waals surface area contributed by atoms with Gasteiger partial charge in [0, 0.05) is 6.20 Å². The van der Waals surface area contributed by atoms with E-state index in [0.717, 1.165) is 26.9 Å². The minimum Gasteiger partial charge on any atom is -0.383 e. The normalized spacial score (nSPS) is 10.5. The van der Waals surface area contributed by atoms with Gasteiger partial charge in [0.15, 0.2) is 5.82 Å². The maximum Gasteiger partial charge on any atom is 0.180 e. The smallest absolute Gasteiger partial charge is 0.180 e. The van der Waals surface area contributed by atoms with Crippen molar-refractivity contribution in [3.63, 3.8) is 0 Å². The van der Waals surface area contributed by atoms with Crippen LogP contribution in [0.1, 0.15) is 18.2 Å². The third-order valence-electron chi connectivity index (χ3n) is 2.42. The van der Waals surface area contributed by atoms with Crippen molar-refractivity contribution < 1.29 is 0 Å². The summed E-state index contributed by atoms with van der Waals surface area (Å²) in [7, 11) is 0. The first-order chi connectivity index (χ1) is 8.11. The van der Waals surface area contributed by atoms with Gasteiger partial charge < -0.3 is 5.73 Å². The van der Waals surface area contributed by atoms with Gasteiger partial charge in [-0.2, -0.15) is 0 Å². The summed E-state index contributed by atoms with van der Waals surface area (Å²) in [6.07, 6.45) is 2.64. The third-order valence-corrected chi connectivity index (χ3v) is 3.60. The molecule has 2 aromatic rings.